The first kappa shape index (κ1) is 21.7. The lowest BCUT2D eigenvalue weighted by Gasteiger charge is -2.17. The van der Waals surface area contributed by atoms with Crippen LogP contribution in [0.15, 0.2) is 42.5 Å². The van der Waals surface area contributed by atoms with Crippen molar-refractivity contribution < 1.29 is 14.3 Å². The van der Waals surface area contributed by atoms with Crippen LogP contribution in [-0.2, 0) is 9.59 Å². The van der Waals surface area contributed by atoms with E-state index in [-0.39, 0.29) is 18.4 Å². The summed E-state index contributed by atoms with van der Waals surface area (Å²) in [5, 5.41) is 6.11. The second kappa shape index (κ2) is 10.7. The maximum atomic E-state index is 12.4. The first-order chi connectivity index (χ1) is 13.3. The number of hydrogen-bond donors (Lipinski definition) is 2. The summed E-state index contributed by atoms with van der Waals surface area (Å²) in [6, 6.07) is 12.8. The molecule has 0 aliphatic heterocycles. The fraction of sp³-hybridized carbons (Fsp3) is 0.333. The predicted molar refractivity (Wildman–Crippen MR) is 112 cm³/mol. The Balaban J connectivity index is 1.94. The van der Waals surface area contributed by atoms with Crippen LogP contribution >= 0.6 is 11.6 Å². The Morgan fingerprint density at radius 1 is 1.14 bits per heavy atom. The highest BCUT2D eigenvalue weighted by molar-refractivity contribution is 6.31. The Hall–Kier alpha value is -2.57. The van der Waals surface area contributed by atoms with Crippen molar-refractivity contribution in [3.63, 3.8) is 0 Å². The van der Waals surface area contributed by atoms with Gasteiger partial charge in [0.05, 0.1) is 12.2 Å². The van der Waals surface area contributed by atoms with E-state index in [1.54, 1.807) is 18.2 Å². The third-order valence-electron chi connectivity index (χ3n) is 3.97. The highest BCUT2D eigenvalue weighted by atomic mass is 35.5. The standard InChI is InChI=1S/C21H26ClN3O3/c1-15-5-8-18(9-6-15)28-20-10-7-17(22)13-19(20)24-21(27)14-25(3)12-4-11-23-16(2)26/h5-10,13H,4,11-12,14H2,1-3H3,(H,23,26)(H,24,27). The van der Waals surface area contributed by atoms with Gasteiger partial charge in [0.2, 0.25) is 11.8 Å². The van der Waals surface area contributed by atoms with Gasteiger partial charge >= 0.3 is 0 Å². The van der Waals surface area contributed by atoms with Crippen molar-refractivity contribution in [3.8, 4) is 11.5 Å². The summed E-state index contributed by atoms with van der Waals surface area (Å²) in [4.78, 5) is 25.2. The smallest absolute Gasteiger partial charge is 0.238 e. The number of amides is 2. The molecule has 7 heteroatoms. The SMILES string of the molecule is CC(=O)NCCCN(C)CC(=O)Nc1cc(Cl)ccc1Oc1ccc(C)cc1. The van der Waals surface area contributed by atoms with Crippen molar-refractivity contribution in [2.24, 2.45) is 0 Å². The molecule has 0 fully saturated rings. The highest BCUT2D eigenvalue weighted by Gasteiger charge is 2.12. The fourth-order valence-electron chi connectivity index (χ4n) is 2.55. The Labute approximate surface area is 170 Å². The van der Waals surface area contributed by atoms with Gasteiger partial charge in [-0.3, -0.25) is 14.5 Å². The Bertz CT molecular complexity index is 809. The molecule has 0 spiro atoms. The molecule has 2 N–H and O–H groups in total. The summed E-state index contributed by atoms with van der Waals surface area (Å²) in [7, 11) is 1.86. The number of hydrogen-bond acceptors (Lipinski definition) is 4. The zero-order valence-corrected chi connectivity index (χ0v) is 17.2. The lowest BCUT2D eigenvalue weighted by atomic mass is 10.2. The number of likely N-dealkylation sites (N-methyl/N-ethyl adjacent to an activating group) is 1. The van der Waals surface area contributed by atoms with E-state index in [1.807, 2.05) is 43.1 Å². The van der Waals surface area contributed by atoms with E-state index in [1.165, 1.54) is 6.92 Å². The lowest BCUT2D eigenvalue weighted by molar-refractivity contribution is -0.119. The van der Waals surface area contributed by atoms with Crippen molar-refractivity contribution >= 4 is 29.1 Å². The van der Waals surface area contributed by atoms with Gasteiger partial charge in [0, 0.05) is 25.0 Å². The topological polar surface area (TPSA) is 70.7 Å². The molecule has 0 aromatic heterocycles. The van der Waals surface area contributed by atoms with Crippen LogP contribution in [0.1, 0.15) is 18.9 Å². The van der Waals surface area contributed by atoms with E-state index in [0.717, 1.165) is 12.0 Å². The minimum atomic E-state index is -0.168. The highest BCUT2D eigenvalue weighted by Crippen LogP contribution is 2.32. The molecule has 0 aliphatic carbocycles. The monoisotopic (exact) mass is 403 g/mol. The average Bonchev–Trinajstić information content (AvgIpc) is 2.62. The van der Waals surface area contributed by atoms with Crippen LogP contribution in [0, 0.1) is 6.92 Å². The van der Waals surface area contributed by atoms with Gasteiger partial charge in [0.25, 0.3) is 0 Å². The molecule has 0 atom stereocenters. The van der Waals surface area contributed by atoms with Gasteiger partial charge in [-0.2, -0.15) is 0 Å². The molecule has 0 radical (unpaired) electrons. The summed E-state index contributed by atoms with van der Waals surface area (Å²) in [5.74, 6) is 0.980. The van der Waals surface area contributed by atoms with Crippen molar-refractivity contribution in [3.05, 3.63) is 53.1 Å². The number of nitrogens with one attached hydrogen (secondary N) is 2. The number of anilines is 1. The summed E-state index contributed by atoms with van der Waals surface area (Å²) in [5.41, 5.74) is 1.66. The number of ether oxygens (including phenoxy) is 1. The van der Waals surface area contributed by atoms with Gasteiger partial charge in [-0.1, -0.05) is 29.3 Å². The molecule has 2 rings (SSSR count). The Kier molecular flexibility index (Phi) is 8.29. The third kappa shape index (κ3) is 7.58. The van der Waals surface area contributed by atoms with Gasteiger partial charge in [0.1, 0.15) is 5.75 Å². The molecule has 0 saturated heterocycles. The summed E-state index contributed by atoms with van der Waals surface area (Å²) < 4.78 is 5.90. The zero-order valence-electron chi connectivity index (χ0n) is 16.4. The van der Waals surface area contributed by atoms with Gasteiger partial charge in [-0.15, -0.1) is 0 Å². The third-order valence-corrected chi connectivity index (χ3v) is 4.20. The molecule has 2 aromatic rings. The van der Waals surface area contributed by atoms with E-state index >= 15 is 0 Å². The van der Waals surface area contributed by atoms with E-state index in [4.69, 9.17) is 16.3 Å². The molecule has 0 bridgehead atoms. The Morgan fingerprint density at radius 2 is 1.86 bits per heavy atom. The maximum absolute atomic E-state index is 12.4. The maximum Gasteiger partial charge on any atom is 0.238 e. The van der Waals surface area contributed by atoms with E-state index in [9.17, 15) is 9.59 Å². The zero-order chi connectivity index (χ0) is 20.5. The molecule has 28 heavy (non-hydrogen) atoms. The van der Waals surface area contributed by atoms with Crippen LogP contribution in [0.3, 0.4) is 0 Å². The lowest BCUT2D eigenvalue weighted by Crippen LogP contribution is -2.32. The van der Waals surface area contributed by atoms with Crippen LogP contribution in [-0.4, -0.2) is 43.4 Å². The van der Waals surface area contributed by atoms with Crippen molar-refractivity contribution in [1.82, 2.24) is 10.2 Å². The number of halogens is 1. The minimum absolute atomic E-state index is 0.0533. The second-order valence-electron chi connectivity index (χ2n) is 6.68. The predicted octanol–water partition coefficient (Wildman–Crippen LogP) is 3.84. The molecular weight excluding hydrogens is 378 g/mol. The van der Waals surface area contributed by atoms with Crippen molar-refractivity contribution in [2.45, 2.75) is 20.3 Å². The molecule has 2 aromatic carbocycles. The normalized spacial score (nSPS) is 10.6. The first-order valence-corrected chi connectivity index (χ1v) is 9.48. The van der Waals surface area contributed by atoms with Crippen LogP contribution < -0.4 is 15.4 Å². The summed E-state index contributed by atoms with van der Waals surface area (Å²) in [6.07, 6.45) is 0.766. The number of nitrogens with zero attached hydrogens (tertiary/aromatic N) is 1. The minimum Gasteiger partial charge on any atom is -0.455 e. The molecule has 0 aliphatic rings. The average molecular weight is 404 g/mol. The molecule has 6 nitrogen and oxygen atoms in total. The van der Waals surface area contributed by atoms with Crippen LogP contribution in [0.5, 0.6) is 11.5 Å². The van der Waals surface area contributed by atoms with Crippen LogP contribution in [0.4, 0.5) is 5.69 Å². The number of aryl methyl sites for hydroxylation is 1. The second-order valence-corrected chi connectivity index (χ2v) is 7.11. The van der Waals surface area contributed by atoms with Crippen LogP contribution in [0.2, 0.25) is 5.02 Å². The molecule has 0 saturated carbocycles. The van der Waals surface area contributed by atoms with Crippen LogP contribution in [0.25, 0.3) is 0 Å². The largest absolute Gasteiger partial charge is 0.455 e. The van der Waals surface area contributed by atoms with Gasteiger partial charge in [-0.25, -0.2) is 0 Å². The van der Waals surface area contributed by atoms with Crippen molar-refractivity contribution in [2.75, 3.05) is 32.0 Å². The number of carbonyl (C=O) groups excluding carboxylic acids is 2. The quantitative estimate of drug-likeness (QED) is 0.624. The number of rotatable bonds is 9. The summed E-state index contributed by atoms with van der Waals surface area (Å²) >= 11 is 6.09. The van der Waals surface area contributed by atoms with E-state index < -0.39 is 0 Å². The van der Waals surface area contributed by atoms with E-state index in [0.29, 0.717) is 35.3 Å². The van der Waals surface area contributed by atoms with Crippen molar-refractivity contribution in [1.29, 1.82) is 0 Å². The fourth-order valence-corrected chi connectivity index (χ4v) is 2.72. The number of benzene rings is 2. The Morgan fingerprint density at radius 3 is 2.54 bits per heavy atom. The molecule has 0 unspecified atom stereocenters. The molecular formula is C21H26ClN3O3. The molecule has 2 amide bonds. The first-order valence-electron chi connectivity index (χ1n) is 9.10. The van der Waals surface area contributed by atoms with Gasteiger partial charge in [-0.05, 0) is 50.7 Å². The van der Waals surface area contributed by atoms with E-state index in [2.05, 4.69) is 10.6 Å². The summed E-state index contributed by atoms with van der Waals surface area (Å²) in [6.45, 7) is 4.99. The molecule has 0 heterocycles. The van der Waals surface area contributed by atoms with Gasteiger partial charge < -0.3 is 15.4 Å². The molecule has 150 valence electrons. The van der Waals surface area contributed by atoms with Gasteiger partial charge in [0.15, 0.2) is 5.75 Å². The number of carbonyl (C=O) groups is 2.